The second kappa shape index (κ2) is 7.48. The second-order valence-electron chi connectivity index (χ2n) is 6.32. The Morgan fingerprint density at radius 1 is 1.08 bits per heavy atom. The number of hydrogen-bond acceptors (Lipinski definition) is 3. The van der Waals surface area contributed by atoms with Gasteiger partial charge in [0.2, 0.25) is 10.0 Å². The lowest BCUT2D eigenvalue weighted by Crippen LogP contribution is -2.33. The van der Waals surface area contributed by atoms with Gasteiger partial charge in [-0.15, -0.1) is 0 Å². The first-order valence-electron chi connectivity index (χ1n) is 8.33. The average molecular weight is 380 g/mol. The number of hydrogen-bond donors (Lipinski definition) is 0. The Morgan fingerprint density at radius 3 is 2.56 bits per heavy atom. The molecule has 0 aliphatic carbocycles. The fourth-order valence-electron chi connectivity index (χ4n) is 3.23. The molecule has 3 nitrogen and oxygen atoms in total. The van der Waals surface area contributed by atoms with Crippen molar-refractivity contribution in [2.24, 2.45) is 0 Å². The van der Waals surface area contributed by atoms with Crippen molar-refractivity contribution in [2.75, 3.05) is 18.8 Å². The van der Waals surface area contributed by atoms with Gasteiger partial charge >= 0.3 is 0 Å². The molecule has 0 saturated carbocycles. The third-order valence-electron chi connectivity index (χ3n) is 4.59. The molecule has 2 aromatic rings. The predicted molar refractivity (Wildman–Crippen MR) is 101 cm³/mol. The predicted octanol–water partition coefficient (Wildman–Crippen LogP) is 4.31. The minimum atomic E-state index is -3.60. The van der Waals surface area contributed by atoms with E-state index in [1.54, 1.807) is 23.0 Å². The molecule has 0 aromatic heterocycles. The average Bonchev–Trinajstić information content (AvgIpc) is 2.81. The van der Waals surface area contributed by atoms with E-state index in [1.807, 2.05) is 12.1 Å². The summed E-state index contributed by atoms with van der Waals surface area (Å²) in [7, 11) is -3.60. The minimum absolute atomic E-state index is 0.202. The Kier molecular flexibility index (Phi) is 5.51. The van der Waals surface area contributed by atoms with Gasteiger partial charge in [-0.1, -0.05) is 24.3 Å². The van der Waals surface area contributed by atoms with E-state index in [2.05, 4.69) is 19.1 Å². The Hall–Kier alpha value is -1.37. The van der Waals surface area contributed by atoms with Gasteiger partial charge in [0.1, 0.15) is 5.82 Å². The van der Waals surface area contributed by atoms with Crippen molar-refractivity contribution >= 4 is 21.8 Å². The fourth-order valence-corrected chi connectivity index (χ4v) is 6.33. The third-order valence-corrected chi connectivity index (χ3v) is 7.96. The van der Waals surface area contributed by atoms with Crippen LogP contribution in [-0.2, 0) is 10.0 Å². The van der Waals surface area contributed by atoms with E-state index in [1.165, 1.54) is 29.3 Å². The lowest BCUT2D eigenvalue weighted by Gasteiger charge is -2.21. The molecular formula is C19H22FNO2S2. The van der Waals surface area contributed by atoms with Crippen LogP contribution in [0, 0.1) is 19.7 Å². The highest BCUT2D eigenvalue weighted by Gasteiger charge is 2.29. The number of thioether (sulfide) groups is 1. The Morgan fingerprint density at radius 2 is 1.84 bits per heavy atom. The standard InChI is InChI=1S/C19H22FNO2S2/c1-14-5-3-4-6-17(14)18-9-10-21(11-12-24-18)25(22,23)19-8-7-16(20)13-15(19)2/h3-8,13,18H,9-12H2,1-2H3/t18-/m1/s1. The smallest absolute Gasteiger partial charge is 0.207 e. The van der Waals surface area contributed by atoms with Crippen LogP contribution in [0.15, 0.2) is 47.4 Å². The van der Waals surface area contributed by atoms with Crippen LogP contribution >= 0.6 is 11.8 Å². The van der Waals surface area contributed by atoms with E-state index < -0.39 is 15.8 Å². The van der Waals surface area contributed by atoms with Crippen molar-refractivity contribution in [3.8, 4) is 0 Å². The molecule has 6 heteroatoms. The largest absolute Gasteiger partial charge is 0.243 e. The molecule has 0 spiro atoms. The summed E-state index contributed by atoms with van der Waals surface area (Å²) in [5.41, 5.74) is 2.97. The van der Waals surface area contributed by atoms with E-state index in [-0.39, 0.29) is 4.90 Å². The molecule has 0 unspecified atom stereocenters. The zero-order valence-electron chi connectivity index (χ0n) is 14.4. The first-order chi connectivity index (χ1) is 11.9. The van der Waals surface area contributed by atoms with Crippen molar-refractivity contribution in [1.82, 2.24) is 4.31 Å². The van der Waals surface area contributed by atoms with Crippen molar-refractivity contribution in [3.05, 3.63) is 65.0 Å². The number of halogens is 1. The summed E-state index contributed by atoms with van der Waals surface area (Å²) in [6.45, 7) is 4.69. The zero-order valence-corrected chi connectivity index (χ0v) is 16.0. The first-order valence-corrected chi connectivity index (χ1v) is 10.8. The number of aryl methyl sites for hydroxylation is 2. The van der Waals surface area contributed by atoms with Crippen LogP contribution in [-0.4, -0.2) is 31.6 Å². The van der Waals surface area contributed by atoms with Crippen LogP contribution in [0.5, 0.6) is 0 Å². The van der Waals surface area contributed by atoms with Crippen molar-refractivity contribution < 1.29 is 12.8 Å². The van der Waals surface area contributed by atoms with Crippen molar-refractivity contribution in [1.29, 1.82) is 0 Å². The maximum absolute atomic E-state index is 13.3. The summed E-state index contributed by atoms with van der Waals surface area (Å²) in [5, 5.41) is 0.302. The third kappa shape index (κ3) is 3.91. The molecule has 2 aromatic carbocycles. The van der Waals surface area contributed by atoms with Gasteiger partial charge < -0.3 is 0 Å². The van der Waals surface area contributed by atoms with Gasteiger partial charge in [0.25, 0.3) is 0 Å². The molecule has 1 aliphatic rings. The SMILES string of the molecule is Cc1ccccc1[C@H]1CCN(S(=O)(=O)c2ccc(F)cc2C)CCS1. The normalized spacial score (nSPS) is 19.6. The van der Waals surface area contributed by atoms with Crippen LogP contribution in [0.2, 0.25) is 0 Å². The van der Waals surface area contributed by atoms with Gasteiger partial charge in [0.15, 0.2) is 0 Å². The summed E-state index contributed by atoms with van der Waals surface area (Å²) in [4.78, 5) is 0.202. The Bertz CT molecular complexity index is 867. The quantitative estimate of drug-likeness (QED) is 0.797. The van der Waals surface area contributed by atoms with E-state index in [0.717, 1.165) is 12.2 Å². The van der Waals surface area contributed by atoms with Gasteiger partial charge in [-0.05, 0) is 55.2 Å². The molecule has 1 aliphatic heterocycles. The molecule has 25 heavy (non-hydrogen) atoms. The first kappa shape index (κ1) is 18.4. The monoisotopic (exact) mass is 379 g/mol. The molecule has 134 valence electrons. The molecule has 0 amide bonds. The Balaban J connectivity index is 1.82. The molecule has 1 heterocycles. The summed E-state index contributed by atoms with van der Waals surface area (Å²) >= 11 is 1.81. The lowest BCUT2D eigenvalue weighted by atomic mass is 10.0. The Labute approximate surface area is 153 Å². The molecular weight excluding hydrogens is 357 g/mol. The van der Waals surface area contributed by atoms with Gasteiger partial charge in [0, 0.05) is 24.1 Å². The van der Waals surface area contributed by atoms with Crippen molar-refractivity contribution in [2.45, 2.75) is 30.4 Å². The van der Waals surface area contributed by atoms with Gasteiger partial charge in [-0.25, -0.2) is 12.8 Å². The highest BCUT2D eigenvalue weighted by Crippen LogP contribution is 2.37. The van der Waals surface area contributed by atoms with Gasteiger partial charge in [-0.3, -0.25) is 0 Å². The highest BCUT2D eigenvalue weighted by atomic mass is 32.2. The zero-order chi connectivity index (χ0) is 18.0. The highest BCUT2D eigenvalue weighted by molar-refractivity contribution is 7.99. The van der Waals surface area contributed by atoms with Crippen LogP contribution in [0.4, 0.5) is 4.39 Å². The molecule has 1 fully saturated rings. The molecule has 3 rings (SSSR count). The van der Waals surface area contributed by atoms with Crippen molar-refractivity contribution in [3.63, 3.8) is 0 Å². The van der Waals surface area contributed by atoms with Crippen LogP contribution in [0.1, 0.15) is 28.4 Å². The van der Waals surface area contributed by atoms with Gasteiger partial charge in [-0.2, -0.15) is 16.1 Å². The summed E-state index contributed by atoms with van der Waals surface area (Å²) in [6, 6.07) is 12.1. The van der Waals surface area contributed by atoms with E-state index in [9.17, 15) is 12.8 Å². The molecule has 0 radical (unpaired) electrons. The minimum Gasteiger partial charge on any atom is -0.207 e. The van der Waals surface area contributed by atoms with E-state index >= 15 is 0 Å². The van der Waals surface area contributed by atoms with E-state index in [0.29, 0.717) is 23.9 Å². The van der Waals surface area contributed by atoms with Crippen LogP contribution < -0.4 is 0 Å². The maximum Gasteiger partial charge on any atom is 0.243 e. The number of rotatable bonds is 3. The summed E-state index contributed by atoms with van der Waals surface area (Å²) in [5.74, 6) is 0.334. The lowest BCUT2D eigenvalue weighted by molar-refractivity contribution is 0.427. The second-order valence-corrected chi connectivity index (χ2v) is 9.54. The number of sulfonamides is 1. The summed E-state index contributed by atoms with van der Waals surface area (Å²) < 4.78 is 40.8. The fraction of sp³-hybridized carbons (Fsp3) is 0.368. The van der Waals surface area contributed by atoms with E-state index in [4.69, 9.17) is 0 Å². The maximum atomic E-state index is 13.3. The molecule has 1 saturated heterocycles. The number of nitrogens with zero attached hydrogens (tertiary/aromatic N) is 1. The van der Waals surface area contributed by atoms with Crippen LogP contribution in [0.3, 0.4) is 0 Å². The molecule has 0 bridgehead atoms. The molecule has 1 atom stereocenters. The molecule has 0 N–H and O–H groups in total. The summed E-state index contributed by atoms with van der Waals surface area (Å²) in [6.07, 6.45) is 0.773. The van der Waals surface area contributed by atoms with Crippen LogP contribution in [0.25, 0.3) is 0 Å². The topological polar surface area (TPSA) is 37.4 Å². The van der Waals surface area contributed by atoms with Gasteiger partial charge in [0.05, 0.1) is 4.90 Å². The number of benzene rings is 2.